The van der Waals surface area contributed by atoms with E-state index >= 15 is 0 Å². The monoisotopic (exact) mass is 343 g/mol. The van der Waals surface area contributed by atoms with Crippen LogP contribution in [-0.2, 0) is 0 Å². The van der Waals surface area contributed by atoms with Crippen molar-refractivity contribution >= 4 is 39.9 Å². The fraction of sp³-hybridized carbons (Fsp3) is 0.0588. The van der Waals surface area contributed by atoms with Gasteiger partial charge in [0, 0.05) is 16.6 Å². The van der Waals surface area contributed by atoms with Crippen LogP contribution >= 0.6 is 12.2 Å². The summed E-state index contributed by atoms with van der Waals surface area (Å²) < 4.78 is 18.4. The summed E-state index contributed by atoms with van der Waals surface area (Å²) in [6.45, 7) is 1.82. The molecule has 24 heavy (non-hydrogen) atoms. The van der Waals surface area contributed by atoms with E-state index in [1.165, 1.54) is 24.3 Å². The minimum Gasteiger partial charge on any atom is -0.451 e. The average molecular weight is 343 g/mol. The topological polar surface area (TPSA) is 66.3 Å². The lowest BCUT2D eigenvalue weighted by Gasteiger charge is -2.11. The molecule has 0 saturated carbocycles. The number of anilines is 1. The maximum Gasteiger partial charge on any atom is 0.305 e. The third-order valence-electron chi connectivity index (χ3n) is 3.44. The van der Waals surface area contributed by atoms with Gasteiger partial charge in [0.15, 0.2) is 10.9 Å². The molecule has 7 heteroatoms. The van der Waals surface area contributed by atoms with Gasteiger partial charge in [-0.3, -0.25) is 15.6 Å². The minimum absolute atomic E-state index is 0.170. The molecule has 0 spiro atoms. The molecule has 0 atom stereocenters. The Balaban J connectivity index is 1.63. The van der Waals surface area contributed by atoms with Gasteiger partial charge in [-0.25, -0.2) is 4.39 Å². The fourth-order valence-corrected chi connectivity index (χ4v) is 2.43. The van der Waals surface area contributed by atoms with Crippen LogP contribution in [0.5, 0.6) is 0 Å². The smallest absolute Gasteiger partial charge is 0.305 e. The maximum absolute atomic E-state index is 12.8. The predicted octanol–water partition coefficient (Wildman–Crippen LogP) is 3.51. The number of hydrazine groups is 1. The molecule has 1 heterocycles. The number of thiocarbonyl (C=S) groups is 1. The lowest BCUT2D eigenvalue weighted by molar-refractivity contribution is 0.0917. The SMILES string of the molecule is Cc1c(C(=O)NNC(=S)Nc2ccc(F)cc2)oc2ccccc12. The highest BCUT2D eigenvalue weighted by atomic mass is 32.1. The number of furan rings is 1. The third kappa shape index (κ3) is 3.36. The molecule has 0 radical (unpaired) electrons. The molecule has 0 aliphatic carbocycles. The van der Waals surface area contributed by atoms with Crippen molar-refractivity contribution < 1.29 is 13.6 Å². The Bertz CT molecular complexity index is 906. The van der Waals surface area contributed by atoms with Crippen LogP contribution in [-0.4, -0.2) is 11.0 Å². The second-order valence-corrected chi connectivity index (χ2v) is 5.50. The van der Waals surface area contributed by atoms with Crippen LogP contribution in [0.3, 0.4) is 0 Å². The van der Waals surface area contributed by atoms with Gasteiger partial charge in [-0.15, -0.1) is 0 Å². The zero-order valence-corrected chi connectivity index (χ0v) is 13.5. The van der Waals surface area contributed by atoms with Crippen LogP contribution in [0.4, 0.5) is 10.1 Å². The summed E-state index contributed by atoms with van der Waals surface area (Å²) in [7, 11) is 0. The van der Waals surface area contributed by atoms with Crippen molar-refractivity contribution in [1.29, 1.82) is 0 Å². The number of carbonyl (C=O) groups excluding carboxylic acids is 1. The molecular formula is C17H14FN3O2S. The van der Waals surface area contributed by atoms with Gasteiger partial charge in [0.25, 0.3) is 0 Å². The summed E-state index contributed by atoms with van der Waals surface area (Å²) in [5.41, 5.74) is 7.05. The Morgan fingerprint density at radius 2 is 1.79 bits per heavy atom. The lowest BCUT2D eigenvalue weighted by Crippen LogP contribution is -2.43. The molecule has 0 aliphatic heterocycles. The van der Waals surface area contributed by atoms with Gasteiger partial charge >= 0.3 is 5.91 Å². The molecule has 0 saturated heterocycles. The van der Waals surface area contributed by atoms with Gasteiger partial charge in [0.05, 0.1) is 0 Å². The molecule has 3 rings (SSSR count). The highest BCUT2D eigenvalue weighted by Gasteiger charge is 2.17. The van der Waals surface area contributed by atoms with Crippen LogP contribution in [0.2, 0.25) is 0 Å². The van der Waals surface area contributed by atoms with Gasteiger partial charge in [-0.05, 0) is 49.5 Å². The Labute approximate surface area is 142 Å². The van der Waals surface area contributed by atoms with E-state index in [0.29, 0.717) is 11.3 Å². The molecule has 0 bridgehead atoms. The lowest BCUT2D eigenvalue weighted by atomic mass is 10.1. The van der Waals surface area contributed by atoms with E-state index in [-0.39, 0.29) is 16.7 Å². The Morgan fingerprint density at radius 1 is 1.08 bits per heavy atom. The number of rotatable bonds is 2. The summed E-state index contributed by atoms with van der Waals surface area (Å²) in [5, 5.41) is 3.88. The van der Waals surface area contributed by atoms with Crippen LogP contribution in [0.25, 0.3) is 11.0 Å². The fourth-order valence-electron chi connectivity index (χ4n) is 2.26. The minimum atomic E-state index is -0.438. The maximum atomic E-state index is 12.8. The Hall–Kier alpha value is -2.93. The first-order valence-electron chi connectivity index (χ1n) is 7.15. The standard InChI is InChI=1S/C17H14FN3O2S/c1-10-13-4-2-3-5-14(13)23-15(10)16(22)20-21-17(24)19-12-8-6-11(18)7-9-12/h2-9H,1H3,(H,20,22)(H2,19,21,24). The number of benzene rings is 2. The first kappa shape index (κ1) is 15.9. The molecule has 5 nitrogen and oxygen atoms in total. The summed E-state index contributed by atoms with van der Waals surface area (Å²) in [6, 6.07) is 13.1. The summed E-state index contributed by atoms with van der Waals surface area (Å²) >= 11 is 5.07. The van der Waals surface area contributed by atoms with Crippen molar-refractivity contribution in [2.75, 3.05) is 5.32 Å². The number of hydrogen-bond acceptors (Lipinski definition) is 3. The van der Waals surface area contributed by atoms with Crippen LogP contribution in [0.1, 0.15) is 16.1 Å². The molecule has 3 aromatic rings. The van der Waals surface area contributed by atoms with Crippen LogP contribution < -0.4 is 16.2 Å². The number of nitrogens with one attached hydrogen (secondary N) is 3. The van der Waals surface area contributed by atoms with Gasteiger partial charge in [-0.1, -0.05) is 18.2 Å². The second kappa shape index (κ2) is 6.67. The first-order chi connectivity index (χ1) is 11.5. The predicted molar refractivity (Wildman–Crippen MR) is 94.2 cm³/mol. The molecule has 0 aliphatic rings. The highest BCUT2D eigenvalue weighted by Crippen LogP contribution is 2.24. The average Bonchev–Trinajstić information content (AvgIpc) is 2.92. The van der Waals surface area contributed by atoms with Gasteiger partial charge in [-0.2, -0.15) is 0 Å². The summed E-state index contributed by atoms with van der Waals surface area (Å²) in [5.74, 6) is -0.562. The van der Waals surface area contributed by atoms with E-state index in [1.807, 2.05) is 25.1 Å². The molecule has 3 N–H and O–H groups in total. The number of fused-ring (bicyclic) bond motifs is 1. The molecule has 1 amide bonds. The van der Waals surface area contributed by atoms with E-state index in [4.69, 9.17) is 16.6 Å². The van der Waals surface area contributed by atoms with Crippen molar-refractivity contribution in [2.24, 2.45) is 0 Å². The van der Waals surface area contributed by atoms with E-state index in [2.05, 4.69) is 16.2 Å². The van der Waals surface area contributed by atoms with Crippen molar-refractivity contribution in [3.05, 3.63) is 65.7 Å². The molecule has 122 valence electrons. The molecular weight excluding hydrogens is 329 g/mol. The van der Waals surface area contributed by atoms with Crippen molar-refractivity contribution in [3.63, 3.8) is 0 Å². The first-order valence-corrected chi connectivity index (χ1v) is 7.56. The molecule has 0 unspecified atom stereocenters. The Morgan fingerprint density at radius 3 is 2.50 bits per heavy atom. The van der Waals surface area contributed by atoms with Gasteiger partial charge in [0.2, 0.25) is 0 Å². The second-order valence-electron chi connectivity index (χ2n) is 5.09. The molecule has 0 fully saturated rings. The van der Waals surface area contributed by atoms with E-state index in [0.717, 1.165) is 10.9 Å². The van der Waals surface area contributed by atoms with Crippen molar-refractivity contribution in [3.8, 4) is 0 Å². The summed E-state index contributed by atoms with van der Waals surface area (Å²) in [4.78, 5) is 12.2. The van der Waals surface area contributed by atoms with Gasteiger partial charge < -0.3 is 9.73 Å². The normalized spacial score (nSPS) is 10.4. The van der Waals surface area contributed by atoms with E-state index < -0.39 is 5.91 Å². The number of amides is 1. The largest absolute Gasteiger partial charge is 0.451 e. The quantitative estimate of drug-likeness (QED) is 0.491. The number of halogens is 1. The van der Waals surface area contributed by atoms with Crippen LogP contribution in [0, 0.1) is 12.7 Å². The number of carbonyl (C=O) groups is 1. The third-order valence-corrected chi connectivity index (χ3v) is 3.65. The van der Waals surface area contributed by atoms with E-state index in [1.54, 1.807) is 6.07 Å². The Kier molecular flexibility index (Phi) is 4.43. The number of para-hydroxylation sites is 1. The molecule has 2 aromatic carbocycles. The highest BCUT2D eigenvalue weighted by molar-refractivity contribution is 7.80. The number of aryl methyl sites for hydroxylation is 1. The molecule has 1 aromatic heterocycles. The van der Waals surface area contributed by atoms with E-state index in [9.17, 15) is 9.18 Å². The van der Waals surface area contributed by atoms with Gasteiger partial charge in [0.1, 0.15) is 11.4 Å². The van der Waals surface area contributed by atoms with Crippen molar-refractivity contribution in [2.45, 2.75) is 6.92 Å². The number of hydrogen-bond donors (Lipinski definition) is 3. The summed E-state index contributed by atoms with van der Waals surface area (Å²) in [6.07, 6.45) is 0. The zero-order valence-electron chi connectivity index (χ0n) is 12.7. The van der Waals surface area contributed by atoms with Crippen LogP contribution in [0.15, 0.2) is 52.9 Å². The zero-order chi connectivity index (χ0) is 17.1. The van der Waals surface area contributed by atoms with Crippen molar-refractivity contribution in [1.82, 2.24) is 10.9 Å².